The number of esters is 1. The van der Waals surface area contributed by atoms with E-state index in [9.17, 15) is 19.2 Å². The van der Waals surface area contributed by atoms with Crippen LogP contribution in [0.1, 0.15) is 17.3 Å². The molecule has 0 radical (unpaired) electrons. The van der Waals surface area contributed by atoms with E-state index in [1.807, 2.05) is 0 Å². The summed E-state index contributed by atoms with van der Waals surface area (Å²) < 4.78 is 5.73. The maximum Gasteiger partial charge on any atom is 0.338 e. The maximum absolute atomic E-state index is 11.9. The van der Waals surface area contributed by atoms with E-state index in [2.05, 4.69) is 31.9 Å². The number of hydrogen-bond acceptors (Lipinski definition) is 5. The van der Waals surface area contributed by atoms with Gasteiger partial charge in [0, 0.05) is 15.8 Å². The van der Waals surface area contributed by atoms with E-state index >= 15 is 0 Å². The lowest BCUT2D eigenvalue weighted by molar-refractivity contribution is -0.136. The highest BCUT2D eigenvalue weighted by Gasteiger charge is 2.15. The summed E-state index contributed by atoms with van der Waals surface area (Å²) in [5.74, 6) is -2.84. The molecule has 0 fully saturated rings. The van der Waals surface area contributed by atoms with Crippen molar-refractivity contribution in [2.75, 3.05) is 23.8 Å². The second-order valence-corrected chi connectivity index (χ2v) is 6.41. The molecule has 2 aromatic rings. The molecule has 0 heterocycles. The molecule has 146 valence electrons. The van der Waals surface area contributed by atoms with Gasteiger partial charge in [-0.1, -0.05) is 15.9 Å². The number of nitrogens with one attached hydrogen (secondary N) is 3. The molecule has 8 nitrogen and oxygen atoms in total. The molecule has 2 rings (SSSR count). The molecule has 0 aromatic heterocycles. The number of ether oxygens (including phenoxy) is 1. The molecule has 0 saturated heterocycles. The number of anilines is 2. The maximum atomic E-state index is 11.9. The SMILES string of the molecule is CCOC(=O)c1ccc(NC(=O)C(=O)NCC(=O)Nc2ccc(Br)cc2)cc1. The summed E-state index contributed by atoms with van der Waals surface area (Å²) in [6, 6.07) is 12.8. The van der Waals surface area contributed by atoms with E-state index in [4.69, 9.17) is 4.74 Å². The Morgan fingerprint density at radius 2 is 1.43 bits per heavy atom. The van der Waals surface area contributed by atoms with Gasteiger partial charge in [0.2, 0.25) is 5.91 Å². The fraction of sp³-hybridized carbons (Fsp3) is 0.158. The minimum atomic E-state index is -0.958. The van der Waals surface area contributed by atoms with E-state index in [0.717, 1.165) is 4.47 Å². The van der Waals surface area contributed by atoms with Crippen molar-refractivity contribution < 1.29 is 23.9 Å². The average Bonchev–Trinajstić information content (AvgIpc) is 2.68. The van der Waals surface area contributed by atoms with Crippen LogP contribution in [0.3, 0.4) is 0 Å². The Labute approximate surface area is 169 Å². The Balaban J connectivity index is 1.80. The van der Waals surface area contributed by atoms with Crippen LogP contribution < -0.4 is 16.0 Å². The Morgan fingerprint density at radius 3 is 2.04 bits per heavy atom. The van der Waals surface area contributed by atoms with Crippen LogP contribution in [0, 0.1) is 0 Å². The molecule has 0 aliphatic heterocycles. The summed E-state index contributed by atoms with van der Waals surface area (Å²) in [5, 5.41) is 7.20. The minimum Gasteiger partial charge on any atom is -0.462 e. The molecule has 0 aliphatic rings. The Bertz CT molecular complexity index is 866. The zero-order valence-corrected chi connectivity index (χ0v) is 16.5. The first-order chi connectivity index (χ1) is 13.4. The van der Waals surface area contributed by atoms with Crippen molar-refractivity contribution in [1.82, 2.24) is 5.32 Å². The van der Waals surface area contributed by atoms with Crippen molar-refractivity contribution in [2.45, 2.75) is 6.92 Å². The number of benzene rings is 2. The summed E-state index contributed by atoms with van der Waals surface area (Å²) in [5.41, 5.74) is 1.22. The molecule has 0 saturated carbocycles. The number of carbonyl (C=O) groups is 4. The van der Waals surface area contributed by atoms with Crippen LogP contribution in [-0.2, 0) is 19.1 Å². The van der Waals surface area contributed by atoms with Gasteiger partial charge in [-0.2, -0.15) is 0 Å². The normalized spacial score (nSPS) is 9.93. The van der Waals surface area contributed by atoms with Gasteiger partial charge >= 0.3 is 17.8 Å². The Morgan fingerprint density at radius 1 is 0.857 bits per heavy atom. The van der Waals surface area contributed by atoms with Gasteiger partial charge in [-0.25, -0.2) is 4.79 Å². The summed E-state index contributed by atoms with van der Waals surface area (Å²) in [7, 11) is 0. The van der Waals surface area contributed by atoms with E-state index in [-0.39, 0.29) is 13.2 Å². The third-order valence-electron chi connectivity index (χ3n) is 3.40. The van der Waals surface area contributed by atoms with Crippen LogP contribution >= 0.6 is 15.9 Å². The largest absolute Gasteiger partial charge is 0.462 e. The molecular formula is C19H18BrN3O5. The summed E-state index contributed by atoms with van der Waals surface area (Å²) in [6.45, 7) is 1.60. The number of rotatable bonds is 6. The molecule has 0 spiro atoms. The third-order valence-corrected chi connectivity index (χ3v) is 3.93. The van der Waals surface area contributed by atoms with E-state index in [1.54, 1.807) is 31.2 Å². The summed E-state index contributed by atoms with van der Waals surface area (Å²) in [6.07, 6.45) is 0. The monoisotopic (exact) mass is 447 g/mol. The lowest BCUT2D eigenvalue weighted by Gasteiger charge is -2.08. The van der Waals surface area contributed by atoms with E-state index < -0.39 is 23.7 Å². The van der Waals surface area contributed by atoms with E-state index in [1.165, 1.54) is 24.3 Å². The fourth-order valence-corrected chi connectivity index (χ4v) is 2.34. The van der Waals surface area contributed by atoms with Gasteiger partial charge in [0.05, 0.1) is 18.7 Å². The predicted octanol–water partition coefficient (Wildman–Crippen LogP) is 2.32. The van der Waals surface area contributed by atoms with Gasteiger partial charge in [0.1, 0.15) is 0 Å². The number of halogens is 1. The standard InChI is InChI=1S/C19H18BrN3O5/c1-2-28-19(27)12-3-7-15(8-4-12)23-18(26)17(25)21-11-16(24)22-14-9-5-13(20)6-10-14/h3-10H,2,11H2,1H3,(H,21,25)(H,22,24)(H,23,26). The summed E-state index contributed by atoms with van der Waals surface area (Å²) >= 11 is 3.29. The van der Waals surface area contributed by atoms with Gasteiger partial charge in [-0.15, -0.1) is 0 Å². The molecule has 0 atom stereocenters. The quantitative estimate of drug-likeness (QED) is 0.464. The third kappa shape index (κ3) is 6.51. The second kappa shape index (κ2) is 10.2. The molecule has 0 aliphatic carbocycles. The van der Waals surface area contributed by atoms with Crippen molar-refractivity contribution >= 4 is 51.0 Å². The predicted molar refractivity (Wildman–Crippen MR) is 107 cm³/mol. The molecule has 28 heavy (non-hydrogen) atoms. The molecule has 3 amide bonds. The van der Waals surface area contributed by atoms with Crippen LogP contribution in [-0.4, -0.2) is 36.8 Å². The Hall–Kier alpha value is -3.20. The highest BCUT2D eigenvalue weighted by atomic mass is 79.9. The van der Waals surface area contributed by atoms with Crippen LogP contribution in [0.25, 0.3) is 0 Å². The smallest absolute Gasteiger partial charge is 0.338 e. The van der Waals surface area contributed by atoms with Crippen LogP contribution in [0.15, 0.2) is 53.0 Å². The highest BCUT2D eigenvalue weighted by Crippen LogP contribution is 2.14. The molecule has 0 unspecified atom stereocenters. The van der Waals surface area contributed by atoms with Crippen molar-refractivity contribution in [3.8, 4) is 0 Å². The van der Waals surface area contributed by atoms with Gasteiger partial charge in [-0.3, -0.25) is 14.4 Å². The number of hydrogen-bond donors (Lipinski definition) is 3. The van der Waals surface area contributed by atoms with Crippen molar-refractivity contribution in [3.63, 3.8) is 0 Å². The minimum absolute atomic E-state index is 0.257. The van der Waals surface area contributed by atoms with Crippen molar-refractivity contribution in [2.24, 2.45) is 0 Å². The molecular weight excluding hydrogens is 430 g/mol. The molecule has 0 bridgehead atoms. The van der Waals surface area contributed by atoms with Gasteiger partial charge in [-0.05, 0) is 55.5 Å². The number of carbonyl (C=O) groups excluding carboxylic acids is 4. The fourth-order valence-electron chi connectivity index (χ4n) is 2.07. The lowest BCUT2D eigenvalue weighted by atomic mass is 10.2. The first-order valence-corrected chi connectivity index (χ1v) is 9.10. The second-order valence-electron chi connectivity index (χ2n) is 5.49. The average molecular weight is 448 g/mol. The molecule has 3 N–H and O–H groups in total. The van der Waals surface area contributed by atoms with Crippen molar-refractivity contribution in [3.05, 3.63) is 58.6 Å². The topological polar surface area (TPSA) is 114 Å². The zero-order chi connectivity index (χ0) is 20.5. The van der Waals surface area contributed by atoms with Gasteiger partial charge < -0.3 is 20.7 Å². The van der Waals surface area contributed by atoms with Crippen LogP contribution in [0.2, 0.25) is 0 Å². The Kier molecular flexibility index (Phi) is 7.70. The highest BCUT2D eigenvalue weighted by molar-refractivity contribution is 9.10. The zero-order valence-electron chi connectivity index (χ0n) is 15.0. The first kappa shape index (κ1) is 21.1. The van der Waals surface area contributed by atoms with Gasteiger partial charge in [0.25, 0.3) is 0 Å². The summed E-state index contributed by atoms with van der Waals surface area (Å²) in [4.78, 5) is 47.1. The van der Waals surface area contributed by atoms with E-state index in [0.29, 0.717) is 16.9 Å². The van der Waals surface area contributed by atoms with Crippen LogP contribution in [0.4, 0.5) is 11.4 Å². The molecule has 9 heteroatoms. The first-order valence-electron chi connectivity index (χ1n) is 8.31. The molecule has 2 aromatic carbocycles. The number of amides is 3. The lowest BCUT2D eigenvalue weighted by Crippen LogP contribution is -2.39. The van der Waals surface area contributed by atoms with Crippen LogP contribution in [0.5, 0.6) is 0 Å². The van der Waals surface area contributed by atoms with Gasteiger partial charge in [0.15, 0.2) is 0 Å². The van der Waals surface area contributed by atoms with Crippen molar-refractivity contribution in [1.29, 1.82) is 0 Å².